The normalized spacial score (nSPS) is 25.7. The Morgan fingerprint density at radius 1 is 0.818 bits per heavy atom. The summed E-state index contributed by atoms with van der Waals surface area (Å²) in [4.78, 5) is 0. The van der Waals surface area contributed by atoms with Crippen LogP contribution < -0.4 is 4.74 Å². The van der Waals surface area contributed by atoms with Gasteiger partial charge in [0.1, 0.15) is 0 Å². The van der Waals surface area contributed by atoms with E-state index in [1.54, 1.807) is 24.3 Å². The van der Waals surface area contributed by atoms with Gasteiger partial charge in [-0.15, -0.1) is 0 Å². The summed E-state index contributed by atoms with van der Waals surface area (Å²) in [6, 6.07) is 8.78. The first-order valence-corrected chi connectivity index (χ1v) is 12.4. The Morgan fingerprint density at radius 3 is 2.12 bits per heavy atom. The number of aliphatic hydroxyl groups excluding tert-OH is 1. The van der Waals surface area contributed by atoms with E-state index in [2.05, 4.69) is 0 Å². The maximum atomic E-state index is 14.9. The highest BCUT2D eigenvalue weighted by atomic mass is 19.2. The summed E-state index contributed by atoms with van der Waals surface area (Å²) in [5.41, 5.74) is 1.99. The number of aliphatic hydroxyl groups is 1. The van der Waals surface area contributed by atoms with Gasteiger partial charge >= 0.3 is 0 Å². The quantitative estimate of drug-likeness (QED) is 0.470. The molecule has 5 heteroatoms. The van der Waals surface area contributed by atoms with Crippen LogP contribution in [0.3, 0.4) is 0 Å². The highest BCUT2D eigenvalue weighted by Gasteiger charge is 2.27. The number of benzene rings is 2. The summed E-state index contributed by atoms with van der Waals surface area (Å²) in [7, 11) is 1.47. The van der Waals surface area contributed by atoms with Crippen molar-refractivity contribution in [1.29, 1.82) is 0 Å². The third-order valence-electron chi connectivity index (χ3n) is 8.05. The van der Waals surface area contributed by atoms with Crippen LogP contribution in [0.25, 0.3) is 0 Å². The Bertz CT molecular complexity index is 929. The van der Waals surface area contributed by atoms with Gasteiger partial charge in [0, 0.05) is 6.61 Å². The number of hydrogen-bond acceptors (Lipinski definition) is 2. The molecule has 0 amide bonds. The summed E-state index contributed by atoms with van der Waals surface area (Å²) in [5.74, 6) is -0.229. The fourth-order valence-electron chi connectivity index (χ4n) is 5.85. The van der Waals surface area contributed by atoms with Gasteiger partial charge in [-0.1, -0.05) is 18.2 Å². The molecule has 2 nitrogen and oxygen atoms in total. The molecule has 180 valence electrons. The van der Waals surface area contributed by atoms with Gasteiger partial charge in [0.05, 0.1) is 7.11 Å². The van der Waals surface area contributed by atoms with E-state index >= 15 is 0 Å². The molecule has 2 aromatic rings. The lowest BCUT2D eigenvalue weighted by molar-refractivity contribution is 0.181. The predicted octanol–water partition coefficient (Wildman–Crippen LogP) is 7.29. The summed E-state index contributed by atoms with van der Waals surface area (Å²) in [6.07, 6.45) is 8.78. The van der Waals surface area contributed by atoms with Gasteiger partial charge in [-0.25, -0.2) is 13.2 Å². The largest absolute Gasteiger partial charge is 0.494 e. The number of ether oxygens (including phenoxy) is 1. The van der Waals surface area contributed by atoms with Gasteiger partial charge in [-0.3, -0.25) is 0 Å². The molecule has 4 rings (SSSR count). The second-order valence-corrected chi connectivity index (χ2v) is 9.99. The zero-order valence-electron chi connectivity index (χ0n) is 19.5. The second kappa shape index (κ2) is 10.9. The number of hydrogen-bond donors (Lipinski definition) is 1. The topological polar surface area (TPSA) is 29.5 Å². The monoisotopic (exact) mass is 460 g/mol. The van der Waals surface area contributed by atoms with E-state index in [9.17, 15) is 18.3 Å². The molecular weight excluding hydrogens is 425 g/mol. The van der Waals surface area contributed by atoms with Crippen molar-refractivity contribution < 1.29 is 23.0 Å². The van der Waals surface area contributed by atoms with Crippen LogP contribution in [0.1, 0.15) is 86.3 Å². The molecule has 0 unspecified atom stereocenters. The first kappa shape index (κ1) is 24.1. The molecule has 0 aromatic heterocycles. The first-order chi connectivity index (χ1) is 16.0. The van der Waals surface area contributed by atoms with Crippen LogP contribution in [0.2, 0.25) is 0 Å². The van der Waals surface area contributed by atoms with E-state index in [1.165, 1.54) is 7.11 Å². The molecule has 33 heavy (non-hydrogen) atoms. The minimum atomic E-state index is -0.681. The molecular formula is C28H35F3O2. The van der Waals surface area contributed by atoms with Gasteiger partial charge in [-0.05, 0) is 117 Å². The van der Waals surface area contributed by atoms with Gasteiger partial charge < -0.3 is 9.84 Å². The Hall–Kier alpha value is -2.01. The molecule has 2 aliphatic carbocycles. The lowest BCUT2D eigenvalue weighted by Crippen LogP contribution is -2.17. The number of halogens is 3. The van der Waals surface area contributed by atoms with Gasteiger partial charge in [0.25, 0.3) is 0 Å². The highest BCUT2D eigenvalue weighted by molar-refractivity contribution is 5.32. The molecule has 2 fully saturated rings. The molecule has 2 aliphatic rings. The third-order valence-corrected chi connectivity index (χ3v) is 8.05. The molecule has 0 radical (unpaired) electrons. The lowest BCUT2D eigenvalue weighted by Gasteiger charge is -2.29. The Morgan fingerprint density at radius 2 is 1.48 bits per heavy atom. The fraction of sp³-hybridized carbons (Fsp3) is 0.571. The van der Waals surface area contributed by atoms with E-state index < -0.39 is 11.6 Å². The number of rotatable bonds is 7. The third kappa shape index (κ3) is 5.56. The highest BCUT2D eigenvalue weighted by Crippen LogP contribution is 2.40. The summed E-state index contributed by atoms with van der Waals surface area (Å²) in [5, 5.41) is 9.30. The Labute approximate surface area is 195 Å². The molecule has 0 heterocycles. The summed E-state index contributed by atoms with van der Waals surface area (Å²) >= 11 is 0. The van der Waals surface area contributed by atoms with E-state index in [-0.39, 0.29) is 24.1 Å². The van der Waals surface area contributed by atoms with Crippen LogP contribution in [0, 0.1) is 29.3 Å². The van der Waals surface area contributed by atoms with Crippen molar-refractivity contribution in [3.8, 4) is 5.75 Å². The van der Waals surface area contributed by atoms with Crippen molar-refractivity contribution in [2.24, 2.45) is 11.8 Å². The van der Waals surface area contributed by atoms with E-state index in [0.29, 0.717) is 35.3 Å². The van der Waals surface area contributed by atoms with Crippen molar-refractivity contribution in [3.63, 3.8) is 0 Å². The van der Waals surface area contributed by atoms with E-state index in [0.717, 1.165) is 63.4 Å². The van der Waals surface area contributed by atoms with Crippen molar-refractivity contribution >= 4 is 0 Å². The molecule has 0 saturated heterocycles. The van der Waals surface area contributed by atoms with Crippen molar-refractivity contribution in [1.82, 2.24) is 0 Å². The first-order valence-electron chi connectivity index (χ1n) is 12.4. The lowest BCUT2D eigenvalue weighted by atomic mass is 9.76. The predicted molar refractivity (Wildman–Crippen MR) is 124 cm³/mol. The SMILES string of the molecule is COc1ccc(C2CCC(CCc3ccc(C4CCC(CO)CC4)c(F)c3F)CC2)cc1F. The van der Waals surface area contributed by atoms with Crippen LogP contribution in [0.5, 0.6) is 5.75 Å². The van der Waals surface area contributed by atoms with Crippen molar-refractivity contribution in [3.05, 3.63) is 64.5 Å². The van der Waals surface area contributed by atoms with Crippen LogP contribution >= 0.6 is 0 Å². The molecule has 0 bridgehead atoms. The number of methoxy groups -OCH3 is 1. The van der Waals surface area contributed by atoms with E-state index in [4.69, 9.17) is 4.74 Å². The Balaban J connectivity index is 1.30. The average Bonchev–Trinajstić information content (AvgIpc) is 2.85. The molecule has 1 N–H and O–H groups in total. The Kier molecular flexibility index (Phi) is 8.00. The molecule has 0 spiro atoms. The molecule has 2 saturated carbocycles. The fourth-order valence-corrected chi connectivity index (χ4v) is 5.85. The van der Waals surface area contributed by atoms with E-state index in [1.807, 2.05) is 6.07 Å². The standard InChI is InChI=1S/C28H35F3O2/c1-33-26-15-13-23(16-25(26)29)20-7-2-18(3-8-20)4-11-22-12-14-24(28(31)27(22)30)21-9-5-19(17-32)6-10-21/h12-16,18-21,32H,2-11,17H2,1H3. The van der Waals surface area contributed by atoms with Gasteiger partial charge in [0.2, 0.25) is 0 Å². The van der Waals surface area contributed by atoms with Crippen molar-refractivity contribution in [2.75, 3.05) is 13.7 Å². The second-order valence-electron chi connectivity index (χ2n) is 9.99. The maximum Gasteiger partial charge on any atom is 0.165 e. The van der Waals surface area contributed by atoms with Gasteiger partial charge in [0.15, 0.2) is 23.2 Å². The molecule has 2 aromatic carbocycles. The van der Waals surface area contributed by atoms with Crippen molar-refractivity contribution in [2.45, 2.75) is 76.0 Å². The zero-order valence-corrected chi connectivity index (χ0v) is 19.5. The summed E-state index contributed by atoms with van der Waals surface area (Å²) in [6.45, 7) is 0.182. The minimum Gasteiger partial charge on any atom is -0.494 e. The molecule has 0 aliphatic heterocycles. The molecule has 0 atom stereocenters. The maximum absolute atomic E-state index is 14.9. The summed E-state index contributed by atoms with van der Waals surface area (Å²) < 4.78 is 48.7. The van der Waals surface area contributed by atoms with Gasteiger partial charge in [-0.2, -0.15) is 0 Å². The average molecular weight is 461 g/mol. The minimum absolute atomic E-state index is 0.0504. The van der Waals surface area contributed by atoms with Crippen LogP contribution in [0.4, 0.5) is 13.2 Å². The van der Waals surface area contributed by atoms with Crippen LogP contribution in [0.15, 0.2) is 30.3 Å². The van der Waals surface area contributed by atoms with Crippen LogP contribution in [-0.2, 0) is 6.42 Å². The number of aryl methyl sites for hydroxylation is 1. The van der Waals surface area contributed by atoms with Crippen LogP contribution in [-0.4, -0.2) is 18.8 Å². The smallest absolute Gasteiger partial charge is 0.165 e. The zero-order chi connectivity index (χ0) is 23.4.